The van der Waals surface area contributed by atoms with Gasteiger partial charge in [-0.1, -0.05) is 22.0 Å². The lowest BCUT2D eigenvalue weighted by molar-refractivity contribution is 0.0679. The van der Waals surface area contributed by atoms with Crippen LogP contribution >= 0.6 is 15.9 Å². The van der Waals surface area contributed by atoms with E-state index in [2.05, 4.69) is 21.2 Å². The molecule has 1 unspecified atom stereocenters. The molecule has 5 heteroatoms. The van der Waals surface area contributed by atoms with Gasteiger partial charge in [0, 0.05) is 22.3 Å². The molecular formula is C19H20BrNO3. The molecule has 1 N–H and O–H groups in total. The standard InChI is InChI=1S/C19H20BrNO3/c1-13-4-5-14(11-18(13)20)19(22)21-15-6-8-16(9-7-15)24-12-17-3-2-10-23-17/h4-9,11,17H,2-3,10,12H2,1H3,(H,21,22). The number of carbonyl (C=O) groups is 1. The maximum atomic E-state index is 12.3. The van der Waals surface area contributed by atoms with Gasteiger partial charge in [0.1, 0.15) is 12.4 Å². The number of nitrogens with one attached hydrogen (secondary N) is 1. The molecule has 1 heterocycles. The number of carbonyl (C=O) groups excluding carboxylic acids is 1. The molecule has 0 aromatic heterocycles. The van der Waals surface area contributed by atoms with Gasteiger partial charge in [-0.05, 0) is 61.7 Å². The highest BCUT2D eigenvalue weighted by Crippen LogP contribution is 2.21. The number of halogens is 1. The van der Waals surface area contributed by atoms with E-state index in [1.165, 1.54) is 0 Å². The molecule has 1 aliphatic heterocycles. The van der Waals surface area contributed by atoms with Crippen molar-refractivity contribution in [1.29, 1.82) is 0 Å². The molecule has 0 saturated carbocycles. The van der Waals surface area contributed by atoms with Crippen LogP contribution in [-0.2, 0) is 4.74 Å². The van der Waals surface area contributed by atoms with Crippen LogP contribution < -0.4 is 10.1 Å². The second-order valence-electron chi connectivity index (χ2n) is 5.89. The highest BCUT2D eigenvalue weighted by atomic mass is 79.9. The number of amides is 1. The van der Waals surface area contributed by atoms with E-state index in [4.69, 9.17) is 9.47 Å². The van der Waals surface area contributed by atoms with E-state index >= 15 is 0 Å². The summed E-state index contributed by atoms with van der Waals surface area (Å²) in [4.78, 5) is 12.3. The fourth-order valence-electron chi connectivity index (χ4n) is 2.54. The Morgan fingerprint density at radius 1 is 1.29 bits per heavy atom. The zero-order valence-corrected chi connectivity index (χ0v) is 15.1. The third kappa shape index (κ3) is 4.36. The van der Waals surface area contributed by atoms with E-state index in [1.807, 2.05) is 49.4 Å². The predicted octanol–water partition coefficient (Wildman–Crippen LogP) is 4.57. The van der Waals surface area contributed by atoms with Crippen molar-refractivity contribution in [2.24, 2.45) is 0 Å². The number of ether oxygens (including phenoxy) is 2. The first-order valence-electron chi connectivity index (χ1n) is 8.04. The Balaban J connectivity index is 1.56. The highest BCUT2D eigenvalue weighted by molar-refractivity contribution is 9.10. The van der Waals surface area contributed by atoms with Gasteiger partial charge in [-0.2, -0.15) is 0 Å². The van der Waals surface area contributed by atoms with Gasteiger partial charge < -0.3 is 14.8 Å². The van der Waals surface area contributed by atoms with Gasteiger partial charge >= 0.3 is 0 Å². The fourth-order valence-corrected chi connectivity index (χ4v) is 2.92. The van der Waals surface area contributed by atoms with Gasteiger partial charge in [0.15, 0.2) is 0 Å². The molecule has 1 saturated heterocycles. The van der Waals surface area contributed by atoms with E-state index in [9.17, 15) is 4.79 Å². The number of benzene rings is 2. The van der Waals surface area contributed by atoms with Crippen molar-refractivity contribution in [2.75, 3.05) is 18.5 Å². The second-order valence-corrected chi connectivity index (χ2v) is 6.74. The summed E-state index contributed by atoms with van der Waals surface area (Å²) in [6.45, 7) is 3.39. The molecule has 1 fully saturated rings. The highest BCUT2D eigenvalue weighted by Gasteiger charge is 2.16. The van der Waals surface area contributed by atoms with Gasteiger partial charge in [-0.25, -0.2) is 0 Å². The molecule has 4 nitrogen and oxygen atoms in total. The van der Waals surface area contributed by atoms with Crippen molar-refractivity contribution >= 4 is 27.5 Å². The Morgan fingerprint density at radius 2 is 2.08 bits per heavy atom. The Kier molecular flexibility index (Phi) is 5.53. The van der Waals surface area contributed by atoms with E-state index in [0.29, 0.717) is 12.2 Å². The van der Waals surface area contributed by atoms with E-state index in [0.717, 1.165) is 40.9 Å². The molecule has 0 bridgehead atoms. The van der Waals surface area contributed by atoms with E-state index in [-0.39, 0.29) is 12.0 Å². The molecule has 3 rings (SSSR count). The monoisotopic (exact) mass is 389 g/mol. The van der Waals surface area contributed by atoms with Crippen molar-refractivity contribution in [1.82, 2.24) is 0 Å². The maximum absolute atomic E-state index is 12.3. The molecule has 0 aliphatic carbocycles. The summed E-state index contributed by atoms with van der Waals surface area (Å²) >= 11 is 3.45. The Labute approximate surface area is 150 Å². The van der Waals surface area contributed by atoms with Crippen molar-refractivity contribution in [3.8, 4) is 5.75 Å². The molecule has 2 aromatic carbocycles. The molecular weight excluding hydrogens is 370 g/mol. The zero-order valence-electron chi connectivity index (χ0n) is 13.5. The molecule has 0 spiro atoms. The lowest BCUT2D eigenvalue weighted by Crippen LogP contribution is -2.16. The van der Waals surface area contributed by atoms with Crippen LogP contribution in [0.5, 0.6) is 5.75 Å². The summed E-state index contributed by atoms with van der Waals surface area (Å²) in [6.07, 6.45) is 2.36. The Hall–Kier alpha value is -1.85. The average Bonchev–Trinajstić information content (AvgIpc) is 3.10. The number of hydrogen-bond acceptors (Lipinski definition) is 3. The Morgan fingerprint density at radius 3 is 2.75 bits per heavy atom. The van der Waals surface area contributed by atoms with Crippen molar-refractivity contribution in [3.63, 3.8) is 0 Å². The van der Waals surface area contributed by atoms with Gasteiger partial charge in [0.25, 0.3) is 5.91 Å². The van der Waals surface area contributed by atoms with Crippen LogP contribution in [0, 0.1) is 6.92 Å². The number of rotatable bonds is 5. The minimum atomic E-state index is -0.135. The first-order chi connectivity index (χ1) is 11.6. The minimum Gasteiger partial charge on any atom is -0.491 e. The summed E-state index contributed by atoms with van der Waals surface area (Å²) in [5.41, 5.74) is 2.45. The second kappa shape index (κ2) is 7.81. The van der Waals surface area contributed by atoms with Crippen LogP contribution in [0.15, 0.2) is 46.9 Å². The predicted molar refractivity (Wildman–Crippen MR) is 97.7 cm³/mol. The molecule has 0 radical (unpaired) electrons. The first-order valence-corrected chi connectivity index (χ1v) is 8.83. The summed E-state index contributed by atoms with van der Waals surface area (Å²) in [7, 11) is 0. The summed E-state index contributed by atoms with van der Waals surface area (Å²) in [5, 5.41) is 2.89. The van der Waals surface area contributed by atoms with Crippen LogP contribution in [0.2, 0.25) is 0 Å². The molecule has 24 heavy (non-hydrogen) atoms. The molecule has 1 atom stereocenters. The first kappa shape index (κ1) is 17.0. The van der Waals surface area contributed by atoms with Crippen LogP contribution in [0.3, 0.4) is 0 Å². The molecule has 1 aliphatic rings. The quantitative estimate of drug-likeness (QED) is 0.814. The molecule has 1 amide bonds. The summed E-state index contributed by atoms with van der Waals surface area (Å²) < 4.78 is 12.2. The van der Waals surface area contributed by atoms with Crippen molar-refractivity contribution in [2.45, 2.75) is 25.9 Å². The topological polar surface area (TPSA) is 47.6 Å². The van der Waals surface area contributed by atoms with E-state index < -0.39 is 0 Å². The number of aryl methyl sites for hydroxylation is 1. The summed E-state index contributed by atoms with van der Waals surface area (Å²) in [5.74, 6) is 0.644. The van der Waals surface area contributed by atoms with Crippen molar-refractivity contribution < 1.29 is 14.3 Å². The van der Waals surface area contributed by atoms with Crippen LogP contribution in [0.25, 0.3) is 0 Å². The number of hydrogen-bond donors (Lipinski definition) is 1. The molecule has 126 valence electrons. The lowest BCUT2D eigenvalue weighted by atomic mass is 10.1. The van der Waals surface area contributed by atoms with Gasteiger partial charge in [0.2, 0.25) is 0 Å². The van der Waals surface area contributed by atoms with Crippen LogP contribution in [0.1, 0.15) is 28.8 Å². The summed E-state index contributed by atoms with van der Waals surface area (Å²) in [6, 6.07) is 12.9. The zero-order chi connectivity index (χ0) is 16.9. The largest absolute Gasteiger partial charge is 0.491 e. The van der Waals surface area contributed by atoms with E-state index in [1.54, 1.807) is 0 Å². The minimum absolute atomic E-state index is 0.135. The third-order valence-corrected chi connectivity index (χ3v) is 4.86. The fraction of sp³-hybridized carbons (Fsp3) is 0.316. The smallest absolute Gasteiger partial charge is 0.255 e. The normalized spacial score (nSPS) is 16.8. The van der Waals surface area contributed by atoms with Gasteiger partial charge in [0.05, 0.1) is 6.10 Å². The molecule has 2 aromatic rings. The average molecular weight is 390 g/mol. The van der Waals surface area contributed by atoms with Crippen LogP contribution in [0.4, 0.5) is 5.69 Å². The third-order valence-electron chi connectivity index (χ3n) is 4.01. The maximum Gasteiger partial charge on any atom is 0.255 e. The van der Waals surface area contributed by atoms with Gasteiger partial charge in [-0.3, -0.25) is 4.79 Å². The van der Waals surface area contributed by atoms with Crippen LogP contribution in [-0.4, -0.2) is 25.2 Å². The van der Waals surface area contributed by atoms with Gasteiger partial charge in [-0.15, -0.1) is 0 Å². The lowest BCUT2D eigenvalue weighted by Gasteiger charge is -2.12. The Bertz CT molecular complexity index is 709. The number of anilines is 1. The SMILES string of the molecule is Cc1ccc(C(=O)Nc2ccc(OCC3CCCO3)cc2)cc1Br. The van der Waals surface area contributed by atoms with Crippen molar-refractivity contribution in [3.05, 3.63) is 58.1 Å².